The van der Waals surface area contributed by atoms with Crippen LogP contribution >= 0.6 is 0 Å². The van der Waals surface area contributed by atoms with Gasteiger partial charge in [0.1, 0.15) is 18.9 Å². The van der Waals surface area contributed by atoms with E-state index < -0.39 is 18.4 Å². The highest BCUT2D eigenvalue weighted by molar-refractivity contribution is 5.68. The number of carbonyl (C=O) groups is 1. The number of likely N-dealkylation sites (tertiary alicyclic amines) is 1. The van der Waals surface area contributed by atoms with Gasteiger partial charge in [-0.15, -0.1) is 13.2 Å². The predicted molar refractivity (Wildman–Crippen MR) is 78.3 cm³/mol. The van der Waals surface area contributed by atoms with Crippen LogP contribution in [-0.2, 0) is 4.74 Å². The van der Waals surface area contributed by atoms with Crippen molar-refractivity contribution in [2.75, 3.05) is 26.4 Å². The van der Waals surface area contributed by atoms with Crippen LogP contribution in [0.4, 0.5) is 9.18 Å². The molecule has 1 amide bonds. The van der Waals surface area contributed by atoms with E-state index in [9.17, 15) is 14.3 Å². The molecule has 0 saturated carbocycles. The van der Waals surface area contributed by atoms with Crippen LogP contribution in [0.3, 0.4) is 0 Å². The van der Waals surface area contributed by atoms with Gasteiger partial charge in [0.15, 0.2) is 0 Å². The molecule has 0 aromatic rings. The van der Waals surface area contributed by atoms with E-state index in [-0.39, 0.29) is 13.2 Å². The summed E-state index contributed by atoms with van der Waals surface area (Å²) in [5, 5.41) is 9.82. The van der Waals surface area contributed by atoms with Gasteiger partial charge in [-0.25, -0.2) is 9.18 Å². The molecule has 1 atom stereocenters. The Labute approximate surface area is 120 Å². The Morgan fingerprint density at radius 1 is 1.55 bits per heavy atom. The second-order valence-electron chi connectivity index (χ2n) is 4.51. The van der Waals surface area contributed by atoms with Crippen molar-refractivity contribution in [3.63, 3.8) is 0 Å². The molecule has 0 spiro atoms. The number of carbonyl (C=O) groups excluding carboxylic acids is 1. The van der Waals surface area contributed by atoms with E-state index in [0.717, 1.165) is 5.57 Å². The maximum absolute atomic E-state index is 12.7. The Kier molecular flexibility index (Phi) is 8.56. The van der Waals surface area contributed by atoms with Crippen LogP contribution in [0, 0.1) is 0 Å². The highest BCUT2D eigenvalue weighted by Crippen LogP contribution is 2.22. The highest BCUT2D eigenvalue weighted by atomic mass is 19.1. The Hall–Kier alpha value is -1.62. The van der Waals surface area contributed by atoms with Crippen LogP contribution in [-0.4, -0.2) is 48.1 Å². The predicted octanol–water partition coefficient (Wildman–Crippen LogP) is 2.85. The third-order valence-electron chi connectivity index (χ3n) is 3.06. The summed E-state index contributed by atoms with van der Waals surface area (Å²) in [6.45, 7) is 11.2. The van der Waals surface area contributed by atoms with Crippen LogP contribution in [0.25, 0.3) is 0 Å². The number of nitrogens with zero attached hydrogens (tertiary/aromatic N) is 1. The van der Waals surface area contributed by atoms with E-state index in [4.69, 9.17) is 4.74 Å². The molecule has 4 nitrogen and oxygen atoms in total. The first kappa shape index (κ1) is 18.4. The zero-order valence-electron chi connectivity index (χ0n) is 12.1. The molecule has 1 aliphatic rings. The van der Waals surface area contributed by atoms with Crippen molar-refractivity contribution in [1.29, 1.82) is 0 Å². The fraction of sp³-hybridized carbons (Fsp3) is 0.533. The lowest BCUT2D eigenvalue weighted by molar-refractivity contribution is -0.0437. The van der Waals surface area contributed by atoms with Crippen LogP contribution < -0.4 is 0 Å². The molecule has 20 heavy (non-hydrogen) atoms. The van der Waals surface area contributed by atoms with Crippen LogP contribution in [0.2, 0.25) is 0 Å². The Bertz CT molecular complexity index is 357. The molecule has 1 unspecified atom stereocenters. The number of amides is 1. The van der Waals surface area contributed by atoms with Crippen molar-refractivity contribution >= 4 is 6.09 Å². The standard InChI is InChI=1S/C13H20FNO3.C2H4/c1-3-11(4-2)8-18-12(16)15-7-5-6-13(17,9-14)10-15;1-2/h3-4,17H,1,5-10H2,2H3;1-2H2/b11-4+;. The van der Waals surface area contributed by atoms with Gasteiger partial charge in [0.2, 0.25) is 0 Å². The van der Waals surface area contributed by atoms with Crippen LogP contribution in [0.1, 0.15) is 19.8 Å². The number of alkyl halides is 1. The largest absolute Gasteiger partial charge is 0.445 e. The van der Waals surface area contributed by atoms with Gasteiger partial charge in [0.25, 0.3) is 0 Å². The van der Waals surface area contributed by atoms with Gasteiger partial charge in [-0.3, -0.25) is 0 Å². The molecular weight excluding hydrogens is 261 g/mol. The minimum absolute atomic E-state index is 0.0123. The summed E-state index contributed by atoms with van der Waals surface area (Å²) in [5.41, 5.74) is -0.611. The van der Waals surface area contributed by atoms with Crippen LogP contribution in [0.15, 0.2) is 37.5 Å². The number of allylic oxidation sites excluding steroid dienone is 1. The lowest BCUT2D eigenvalue weighted by atomic mass is 9.95. The smallest absolute Gasteiger partial charge is 0.410 e. The fourth-order valence-electron chi connectivity index (χ4n) is 1.87. The van der Waals surface area contributed by atoms with E-state index in [1.54, 1.807) is 12.2 Å². The summed E-state index contributed by atoms with van der Waals surface area (Å²) in [4.78, 5) is 13.1. The molecule has 0 aromatic heterocycles. The van der Waals surface area contributed by atoms with E-state index in [1.165, 1.54) is 4.90 Å². The Morgan fingerprint density at radius 3 is 2.70 bits per heavy atom. The van der Waals surface area contributed by atoms with Gasteiger partial charge in [-0.05, 0) is 25.3 Å². The zero-order chi connectivity index (χ0) is 15.6. The summed E-state index contributed by atoms with van der Waals surface area (Å²) >= 11 is 0. The van der Waals surface area contributed by atoms with Gasteiger partial charge in [-0.2, -0.15) is 0 Å². The highest BCUT2D eigenvalue weighted by Gasteiger charge is 2.35. The van der Waals surface area contributed by atoms with Gasteiger partial charge in [-0.1, -0.05) is 18.7 Å². The third-order valence-corrected chi connectivity index (χ3v) is 3.06. The van der Waals surface area contributed by atoms with Gasteiger partial charge >= 0.3 is 6.09 Å². The normalized spacial score (nSPS) is 22.6. The summed E-state index contributed by atoms with van der Waals surface area (Å²) in [6, 6.07) is 0. The maximum atomic E-state index is 12.7. The Morgan fingerprint density at radius 2 is 2.20 bits per heavy atom. The molecule has 1 aliphatic heterocycles. The number of hydrogen-bond donors (Lipinski definition) is 1. The molecule has 0 bridgehead atoms. The van der Waals surface area contributed by atoms with Crippen molar-refractivity contribution in [2.45, 2.75) is 25.4 Å². The SMILES string of the molecule is C=C.C=C/C(=C\C)COC(=O)N1CCCC(O)(CF)C1. The fourth-order valence-corrected chi connectivity index (χ4v) is 1.87. The number of rotatable bonds is 4. The molecule has 114 valence electrons. The summed E-state index contributed by atoms with van der Waals surface area (Å²) in [7, 11) is 0. The molecule has 1 fully saturated rings. The van der Waals surface area contributed by atoms with E-state index in [0.29, 0.717) is 19.4 Å². The number of piperidine rings is 1. The number of ether oxygens (including phenoxy) is 1. The van der Waals surface area contributed by atoms with Gasteiger partial charge < -0.3 is 14.7 Å². The second-order valence-corrected chi connectivity index (χ2v) is 4.51. The molecule has 1 N–H and O–H groups in total. The first-order chi connectivity index (χ1) is 9.54. The van der Waals surface area contributed by atoms with E-state index in [1.807, 2.05) is 6.92 Å². The van der Waals surface area contributed by atoms with Gasteiger partial charge in [0.05, 0.1) is 6.54 Å². The van der Waals surface area contributed by atoms with E-state index >= 15 is 0 Å². The summed E-state index contributed by atoms with van der Waals surface area (Å²) < 4.78 is 17.7. The molecule has 0 aliphatic carbocycles. The second kappa shape index (κ2) is 9.31. The average Bonchev–Trinajstić information content (AvgIpc) is 2.50. The average molecular weight is 285 g/mol. The molecule has 1 heterocycles. The molecule has 0 radical (unpaired) electrons. The van der Waals surface area contributed by atoms with Crippen molar-refractivity contribution in [1.82, 2.24) is 4.90 Å². The number of halogens is 1. The molecule has 5 heteroatoms. The summed E-state index contributed by atoms with van der Waals surface area (Å²) in [5.74, 6) is 0. The topological polar surface area (TPSA) is 49.8 Å². The number of hydrogen-bond acceptors (Lipinski definition) is 3. The number of aliphatic hydroxyl groups is 1. The van der Waals surface area contributed by atoms with E-state index in [2.05, 4.69) is 19.7 Å². The van der Waals surface area contributed by atoms with Crippen molar-refractivity contribution in [2.24, 2.45) is 0 Å². The molecule has 0 aromatic carbocycles. The molecular formula is C15H24FNO3. The zero-order valence-corrected chi connectivity index (χ0v) is 12.1. The minimum atomic E-state index is -1.42. The van der Waals surface area contributed by atoms with Crippen molar-refractivity contribution < 1.29 is 19.0 Å². The quantitative estimate of drug-likeness (QED) is 0.638. The van der Waals surface area contributed by atoms with Crippen molar-refractivity contribution in [3.05, 3.63) is 37.5 Å². The first-order valence-electron chi connectivity index (χ1n) is 6.52. The third kappa shape index (κ3) is 5.57. The lowest BCUT2D eigenvalue weighted by Gasteiger charge is -2.36. The number of β-amino-alcohol motifs (C(OH)–C–C–N with tert-alkyl or cyclic N) is 1. The first-order valence-corrected chi connectivity index (χ1v) is 6.52. The van der Waals surface area contributed by atoms with Gasteiger partial charge in [0, 0.05) is 6.54 Å². The lowest BCUT2D eigenvalue weighted by Crippen LogP contribution is -2.51. The Balaban J connectivity index is 0.00000172. The molecule has 1 rings (SSSR count). The molecule has 1 saturated heterocycles. The minimum Gasteiger partial charge on any atom is -0.445 e. The van der Waals surface area contributed by atoms with Crippen LogP contribution in [0.5, 0.6) is 0 Å². The van der Waals surface area contributed by atoms with Crippen molar-refractivity contribution in [3.8, 4) is 0 Å². The summed E-state index contributed by atoms with van der Waals surface area (Å²) in [6.07, 6.45) is 3.84. The maximum Gasteiger partial charge on any atom is 0.410 e. The monoisotopic (exact) mass is 285 g/mol.